The molecule has 0 aromatic heterocycles. The van der Waals surface area contributed by atoms with E-state index in [2.05, 4.69) is 154 Å². The summed E-state index contributed by atoms with van der Waals surface area (Å²) in [7, 11) is 0. The molecular weight excluding hydrogens is 997 g/mol. The molecule has 0 saturated carbocycles. The number of carbonyl (C=O) groups excluding carboxylic acids is 3. The second-order valence-electron chi connectivity index (χ2n) is 22.0. The molecule has 0 saturated heterocycles. The van der Waals surface area contributed by atoms with Gasteiger partial charge in [-0.2, -0.15) is 0 Å². The molecule has 0 heterocycles. The number of allylic oxidation sites excluding steroid dienone is 22. The number of esters is 3. The predicted molar refractivity (Wildman–Crippen MR) is 353 cm³/mol. The minimum atomic E-state index is -0.788. The molecule has 0 aromatic carbocycles. The summed E-state index contributed by atoms with van der Waals surface area (Å²) in [4.78, 5) is 38.1. The first-order valence-corrected chi connectivity index (χ1v) is 33.7. The Morgan fingerprint density at radius 3 is 0.753 bits per heavy atom. The van der Waals surface area contributed by atoms with Crippen LogP contribution < -0.4 is 0 Å². The first kappa shape index (κ1) is 76.5. The van der Waals surface area contributed by atoms with Crippen molar-refractivity contribution < 1.29 is 28.6 Å². The molecule has 6 heteroatoms. The van der Waals surface area contributed by atoms with Crippen molar-refractivity contribution in [3.05, 3.63) is 134 Å². The molecule has 0 rings (SSSR count). The predicted octanol–water partition coefficient (Wildman–Crippen LogP) is 23.3. The number of hydrogen-bond acceptors (Lipinski definition) is 6. The lowest BCUT2D eigenvalue weighted by Crippen LogP contribution is -2.30. The Morgan fingerprint density at radius 2 is 0.481 bits per heavy atom. The van der Waals surface area contributed by atoms with Crippen molar-refractivity contribution in [3.8, 4) is 0 Å². The van der Waals surface area contributed by atoms with Gasteiger partial charge in [-0.1, -0.05) is 302 Å². The molecular formula is C75H124O6. The Kier molecular flexibility index (Phi) is 64.3. The summed E-state index contributed by atoms with van der Waals surface area (Å²) < 4.78 is 16.8. The molecule has 81 heavy (non-hydrogen) atoms. The molecule has 0 spiro atoms. The van der Waals surface area contributed by atoms with Crippen LogP contribution in [0.1, 0.15) is 303 Å². The van der Waals surface area contributed by atoms with Crippen LogP contribution in [0.25, 0.3) is 0 Å². The van der Waals surface area contributed by atoms with Crippen molar-refractivity contribution in [1.82, 2.24) is 0 Å². The molecule has 0 N–H and O–H groups in total. The van der Waals surface area contributed by atoms with E-state index in [1.54, 1.807) is 0 Å². The van der Waals surface area contributed by atoms with E-state index in [0.717, 1.165) is 148 Å². The van der Waals surface area contributed by atoms with Crippen molar-refractivity contribution in [2.45, 2.75) is 309 Å². The average molecular weight is 1120 g/mol. The van der Waals surface area contributed by atoms with E-state index in [4.69, 9.17) is 14.2 Å². The number of unbranched alkanes of at least 4 members (excludes halogenated alkanes) is 27. The van der Waals surface area contributed by atoms with E-state index in [-0.39, 0.29) is 31.1 Å². The Bertz CT molecular complexity index is 1720. The third-order valence-corrected chi connectivity index (χ3v) is 14.2. The van der Waals surface area contributed by atoms with E-state index >= 15 is 0 Å². The summed E-state index contributed by atoms with van der Waals surface area (Å²) in [5.41, 5.74) is 0. The van der Waals surface area contributed by atoms with E-state index in [1.165, 1.54) is 116 Å². The van der Waals surface area contributed by atoms with Gasteiger partial charge in [-0.25, -0.2) is 0 Å². The lowest BCUT2D eigenvalue weighted by molar-refractivity contribution is -0.167. The highest BCUT2D eigenvalue weighted by Crippen LogP contribution is 2.16. The van der Waals surface area contributed by atoms with Crippen LogP contribution in [0, 0.1) is 0 Å². The zero-order valence-electron chi connectivity index (χ0n) is 52.8. The first-order chi connectivity index (χ1) is 40.0. The van der Waals surface area contributed by atoms with Crippen LogP contribution >= 0.6 is 0 Å². The maximum atomic E-state index is 12.9. The topological polar surface area (TPSA) is 78.9 Å². The van der Waals surface area contributed by atoms with Crippen LogP contribution in [0.2, 0.25) is 0 Å². The monoisotopic (exact) mass is 1120 g/mol. The number of hydrogen-bond donors (Lipinski definition) is 0. The summed E-state index contributed by atoms with van der Waals surface area (Å²) in [6.45, 7) is 6.37. The average Bonchev–Trinajstić information content (AvgIpc) is 3.47. The van der Waals surface area contributed by atoms with Crippen LogP contribution in [-0.2, 0) is 28.6 Å². The zero-order chi connectivity index (χ0) is 58.5. The quantitative estimate of drug-likeness (QED) is 0.0261. The van der Waals surface area contributed by atoms with Gasteiger partial charge in [0.15, 0.2) is 6.10 Å². The fourth-order valence-electron chi connectivity index (χ4n) is 9.18. The highest BCUT2D eigenvalue weighted by atomic mass is 16.6. The highest BCUT2D eigenvalue weighted by molar-refractivity contribution is 5.71. The molecule has 0 aliphatic rings. The number of carbonyl (C=O) groups is 3. The van der Waals surface area contributed by atoms with Crippen LogP contribution in [0.5, 0.6) is 0 Å². The summed E-state index contributed by atoms with van der Waals surface area (Å²) in [6.07, 6.45) is 96.4. The van der Waals surface area contributed by atoms with Crippen molar-refractivity contribution in [2.24, 2.45) is 0 Å². The maximum absolute atomic E-state index is 12.9. The van der Waals surface area contributed by atoms with Crippen LogP contribution in [0.15, 0.2) is 134 Å². The fraction of sp³-hybridized carbons (Fsp3) is 0.667. The Hall–Kier alpha value is -4.45. The van der Waals surface area contributed by atoms with Crippen molar-refractivity contribution in [3.63, 3.8) is 0 Å². The van der Waals surface area contributed by atoms with Gasteiger partial charge in [-0.05, 0) is 116 Å². The fourth-order valence-corrected chi connectivity index (χ4v) is 9.18. The van der Waals surface area contributed by atoms with Gasteiger partial charge in [0.2, 0.25) is 0 Å². The first-order valence-electron chi connectivity index (χ1n) is 33.7. The Balaban J connectivity index is 4.08. The molecule has 460 valence electrons. The van der Waals surface area contributed by atoms with Crippen molar-refractivity contribution >= 4 is 17.9 Å². The third kappa shape index (κ3) is 66.2. The van der Waals surface area contributed by atoms with Gasteiger partial charge in [0, 0.05) is 19.3 Å². The summed E-state index contributed by atoms with van der Waals surface area (Å²) in [6, 6.07) is 0. The minimum Gasteiger partial charge on any atom is -0.462 e. The molecule has 1 unspecified atom stereocenters. The van der Waals surface area contributed by atoms with Gasteiger partial charge in [0.1, 0.15) is 13.2 Å². The summed E-state index contributed by atoms with van der Waals surface area (Å²) >= 11 is 0. The molecule has 1 atom stereocenters. The standard InChI is InChI=1S/C75H124O6/c1-4-7-10-13-16-18-20-22-24-26-28-30-31-32-33-34-35-36-37-38-39-40-41-42-43-45-46-48-50-52-54-56-59-62-65-68-74(77)80-71-72(70-79-73(76)67-64-61-58-15-12-9-6-3)81-75(78)69-66-63-60-57-55-53-51-49-47-44-29-27-25-23-21-19-17-14-11-8-5-2/h7-8,10-11,16-19,22-25,28-30,32-33,35-36,44,49,51,72H,4-6,9,12-15,20-21,26-27,31,34,37-43,45-48,50,52-71H2,1-3H3/b10-7-,11-8-,18-16-,19-17-,24-22-,25-23-,30-28-,33-32-,36-35-,44-29-,51-49-. The molecule has 6 nitrogen and oxygen atoms in total. The molecule has 0 aromatic rings. The Labute approximate surface area is 500 Å². The number of ether oxygens (including phenoxy) is 3. The van der Waals surface area contributed by atoms with Gasteiger partial charge in [-0.3, -0.25) is 14.4 Å². The second kappa shape index (κ2) is 68.1. The maximum Gasteiger partial charge on any atom is 0.306 e. The molecule has 0 aliphatic heterocycles. The lowest BCUT2D eigenvalue weighted by Gasteiger charge is -2.18. The van der Waals surface area contributed by atoms with E-state index in [1.807, 2.05) is 0 Å². The summed E-state index contributed by atoms with van der Waals surface area (Å²) in [5, 5.41) is 0. The third-order valence-electron chi connectivity index (χ3n) is 14.2. The zero-order valence-corrected chi connectivity index (χ0v) is 52.8. The smallest absolute Gasteiger partial charge is 0.306 e. The van der Waals surface area contributed by atoms with Gasteiger partial charge < -0.3 is 14.2 Å². The SMILES string of the molecule is CC/C=C\C/C=C\C/C=C\C/C=C\C/C=C\C/C=C\CCCCCCCCCCCCCCCCCCC(=O)OCC(COC(=O)CCCCCCCCC)OC(=O)CCCCCCC/C=C\C/C=C\C/C=C\C/C=C\C/C=C\CC. The lowest BCUT2D eigenvalue weighted by atomic mass is 10.0. The van der Waals surface area contributed by atoms with Crippen molar-refractivity contribution in [2.75, 3.05) is 13.2 Å². The molecule has 0 bridgehead atoms. The van der Waals surface area contributed by atoms with E-state index in [9.17, 15) is 14.4 Å². The minimum absolute atomic E-state index is 0.0858. The van der Waals surface area contributed by atoms with E-state index < -0.39 is 6.10 Å². The van der Waals surface area contributed by atoms with Crippen molar-refractivity contribution in [1.29, 1.82) is 0 Å². The summed E-state index contributed by atoms with van der Waals surface area (Å²) in [5.74, 6) is -0.906. The van der Waals surface area contributed by atoms with Gasteiger partial charge in [0.25, 0.3) is 0 Å². The van der Waals surface area contributed by atoms with Crippen LogP contribution in [-0.4, -0.2) is 37.2 Å². The molecule has 0 aliphatic carbocycles. The highest BCUT2D eigenvalue weighted by Gasteiger charge is 2.19. The Morgan fingerprint density at radius 1 is 0.259 bits per heavy atom. The number of rotatable bonds is 60. The molecule has 0 radical (unpaired) electrons. The molecule has 0 fully saturated rings. The second-order valence-corrected chi connectivity index (χ2v) is 22.0. The van der Waals surface area contributed by atoms with Crippen LogP contribution in [0.3, 0.4) is 0 Å². The van der Waals surface area contributed by atoms with E-state index in [0.29, 0.717) is 19.3 Å². The van der Waals surface area contributed by atoms with Gasteiger partial charge in [0.05, 0.1) is 0 Å². The van der Waals surface area contributed by atoms with Gasteiger partial charge >= 0.3 is 17.9 Å². The normalized spacial score (nSPS) is 13.0. The van der Waals surface area contributed by atoms with Gasteiger partial charge in [-0.15, -0.1) is 0 Å². The largest absolute Gasteiger partial charge is 0.462 e. The molecule has 0 amide bonds. The van der Waals surface area contributed by atoms with Crippen LogP contribution in [0.4, 0.5) is 0 Å².